The van der Waals surface area contributed by atoms with E-state index in [2.05, 4.69) is 39.6 Å². The van der Waals surface area contributed by atoms with Crippen molar-refractivity contribution >= 4 is 5.91 Å². The molecular formula is C19H32N4O. The molecule has 0 bridgehead atoms. The molecule has 3 rings (SSSR count). The van der Waals surface area contributed by atoms with Crippen LogP contribution in [-0.2, 0) is 11.3 Å². The van der Waals surface area contributed by atoms with E-state index in [0.717, 1.165) is 57.7 Å². The second-order valence-electron chi connectivity index (χ2n) is 7.74. The Hall–Kier alpha value is -1.36. The summed E-state index contributed by atoms with van der Waals surface area (Å²) in [6, 6.07) is 0. The van der Waals surface area contributed by atoms with Gasteiger partial charge in [0.25, 0.3) is 0 Å². The van der Waals surface area contributed by atoms with Gasteiger partial charge in [-0.15, -0.1) is 0 Å². The Morgan fingerprint density at radius 1 is 1.21 bits per heavy atom. The van der Waals surface area contributed by atoms with Gasteiger partial charge in [-0.25, -0.2) is 4.98 Å². The van der Waals surface area contributed by atoms with Crippen LogP contribution < -0.4 is 0 Å². The summed E-state index contributed by atoms with van der Waals surface area (Å²) >= 11 is 0. The molecule has 1 saturated carbocycles. The second kappa shape index (κ2) is 8.15. The first-order valence-corrected chi connectivity index (χ1v) is 9.59. The first-order valence-electron chi connectivity index (χ1n) is 9.59. The van der Waals surface area contributed by atoms with Gasteiger partial charge in [-0.05, 0) is 39.8 Å². The van der Waals surface area contributed by atoms with Crippen molar-refractivity contribution < 1.29 is 4.79 Å². The minimum atomic E-state index is 0.283. The molecule has 5 heteroatoms. The maximum Gasteiger partial charge on any atom is 0.225 e. The van der Waals surface area contributed by atoms with Crippen LogP contribution in [-0.4, -0.2) is 59.0 Å². The molecule has 1 aliphatic carbocycles. The monoisotopic (exact) mass is 332 g/mol. The number of hydrogen-bond donors (Lipinski definition) is 0. The zero-order valence-corrected chi connectivity index (χ0v) is 15.3. The molecule has 1 atom stereocenters. The number of likely N-dealkylation sites (tertiary alicyclic amines) is 1. The van der Waals surface area contributed by atoms with E-state index in [0.29, 0.717) is 11.8 Å². The topological polar surface area (TPSA) is 41.4 Å². The average molecular weight is 332 g/mol. The van der Waals surface area contributed by atoms with Crippen LogP contribution in [0.5, 0.6) is 0 Å². The lowest BCUT2D eigenvalue weighted by Gasteiger charge is -2.36. The van der Waals surface area contributed by atoms with Gasteiger partial charge in [0.15, 0.2) is 0 Å². The summed E-state index contributed by atoms with van der Waals surface area (Å²) in [5.41, 5.74) is 0. The fourth-order valence-electron chi connectivity index (χ4n) is 4.17. The molecule has 0 aromatic carbocycles. The smallest absolute Gasteiger partial charge is 0.225 e. The summed E-state index contributed by atoms with van der Waals surface area (Å²) in [7, 11) is 4.20. The lowest BCUT2D eigenvalue weighted by molar-refractivity contribution is -0.137. The molecule has 1 aliphatic heterocycles. The molecule has 24 heavy (non-hydrogen) atoms. The number of aromatic nitrogens is 2. The molecule has 0 unspecified atom stereocenters. The summed E-state index contributed by atoms with van der Waals surface area (Å²) in [5, 5.41) is 0. The van der Waals surface area contributed by atoms with Crippen LogP contribution in [0.2, 0.25) is 0 Å². The molecule has 134 valence electrons. The van der Waals surface area contributed by atoms with Gasteiger partial charge in [0.05, 0.1) is 0 Å². The van der Waals surface area contributed by atoms with Crippen LogP contribution >= 0.6 is 0 Å². The van der Waals surface area contributed by atoms with Gasteiger partial charge in [-0.3, -0.25) is 4.79 Å². The van der Waals surface area contributed by atoms with Crippen molar-refractivity contribution in [3.05, 3.63) is 18.2 Å². The molecule has 5 nitrogen and oxygen atoms in total. The molecule has 1 amide bonds. The van der Waals surface area contributed by atoms with Crippen LogP contribution in [0.15, 0.2) is 12.4 Å². The zero-order chi connectivity index (χ0) is 16.9. The molecule has 1 aromatic heterocycles. The molecule has 2 aliphatic rings. The van der Waals surface area contributed by atoms with Crippen LogP contribution in [0.3, 0.4) is 0 Å². The summed E-state index contributed by atoms with van der Waals surface area (Å²) < 4.78 is 2.28. The van der Waals surface area contributed by atoms with E-state index < -0.39 is 0 Å². The van der Waals surface area contributed by atoms with Gasteiger partial charge in [-0.1, -0.05) is 19.3 Å². The Bertz CT molecular complexity index is 533. The van der Waals surface area contributed by atoms with Crippen LogP contribution in [0, 0.1) is 5.92 Å². The zero-order valence-electron chi connectivity index (χ0n) is 15.3. The maximum atomic E-state index is 12.9. The number of carbonyl (C=O) groups is 1. The molecule has 0 radical (unpaired) electrons. The molecule has 0 N–H and O–H groups in total. The third-order valence-corrected chi connectivity index (χ3v) is 5.59. The van der Waals surface area contributed by atoms with Gasteiger partial charge in [-0.2, -0.15) is 0 Å². The summed E-state index contributed by atoms with van der Waals surface area (Å²) in [6.07, 6.45) is 12.2. The quantitative estimate of drug-likeness (QED) is 0.832. The van der Waals surface area contributed by atoms with Crippen molar-refractivity contribution in [1.82, 2.24) is 19.4 Å². The van der Waals surface area contributed by atoms with Gasteiger partial charge >= 0.3 is 0 Å². The number of piperidine rings is 1. The Kier molecular flexibility index (Phi) is 5.93. The minimum Gasteiger partial charge on any atom is -0.342 e. The molecule has 2 heterocycles. The van der Waals surface area contributed by atoms with E-state index >= 15 is 0 Å². The lowest BCUT2D eigenvalue weighted by Crippen LogP contribution is -2.43. The molecule has 2 fully saturated rings. The van der Waals surface area contributed by atoms with E-state index in [9.17, 15) is 4.79 Å². The number of likely N-dealkylation sites (N-methyl/N-ethyl adjacent to an activating group) is 1. The van der Waals surface area contributed by atoms with Crippen molar-refractivity contribution in [3.8, 4) is 0 Å². The predicted molar refractivity (Wildman–Crippen MR) is 95.9 cm³/mol. The predicted octanol–water partition coefficient (Wildman–Crippen LogP) is 2.73. The molecule has 1 aromatic rings. The molecule has 1 saturated heterocycles. The van der Waals surface area contributed by atoms with Crippen molar-refractivity contribution in [1.29, 1.82) is 0 Å². The van der Waals surface area contributed by atoms with Gasteiger partial charge < -0.3 is 14.4 Å². The first-order chi connectivity index (χ1) is 11.6. The van der Waals surface area contributed by atoms with E-state index in [1.54, 1.807) is 0 Å². The van der Waals surface area contributed by atoms with Crippen LogP contribution in [0.1, 0.15) is 56.7 Å². The summed E-state index contributed by atoms with van der Waals surface area (Å²) in [4.78, 5) is 21.8. The maximum absolute atomic E-state index is 12.9. The van der Waals surface area contributed by atoms with Gasteiger partial charge in [0.1, 0.15) is 5.82 Å². The van der Waals surface area contributed by atoms with Gasteiger partial charge in [0, 0.05) is 50.4 Å². The highest BCUT2D eigenvalue weighted by Gasteiger charge is 2.31. The van der Waals surface area contributed by atoms with E-state index in [-0.39, 0.29) is 5.92 Å². The number of imidazole rings is 1. The SMILES string of the molecule is CN(C)CCn1ccnc1[C@H]1CCCN(C(=O)C2CCCCC2)C1. The number of nitrogens with zero attached hydrogens (tertiary/aromatic N) is 4. The highest BCUT2D eigenvalue weighted by Crippen LogP contribution is 2.30. The Labute approximate surface area is 146 Å². The number of amides is 1. The second-order valence-corrected chi connectivity index (χ2v) is 7.74. The minimum absolute atomic E-state index is 0.283. The summed E-state index contributed by atoms with van der Waals surface area (Å²) in [6.45, 7) is 3.77. The molecule has 0 spiro atoms. The third-order valence-electron chi connectivity index (χ3n) is 5.59. The lowest BCUT2D eigenvalue weighted by atomic mass is 9.87. The Morgan fingerprint density at radius 2 is 2.00 bits per heavy atom. The largest absolute Gasteiger partial charge is 0.342 e. The van der Waals surface area contributed by atoms with E-state index in [1.807, 2.05) is 6.20 Å². The van der Waals surface area contributed by atoms with Crippen molar-refractivity contribution in [3.63, 3.8) is 0 Å². The van der Waals surface area contributed by atoms with E-state index in [1.165, 1.54) is 19.3 Å². The fraction of sp³-hybridized carbons (Fsp3) is 0.789. The van der Waals surface area contributed by atoms with Crippen molar-refractivity contribution in [2.24, 2.45) is 5.92 Å². The fourth-order valence-corrected chi connectivity index (χ4v) is 4.17. The Morgan fingerprint density at radius 3 is 2.75 bits per heavy atom. The molecular weight excluding hydrogens is 300 g/mol. The van der Waals surface area contributed by atoms with Crippen molar-refractivity contribution in [2.75, 3.05) is 33.7 Å². The standard InChI is InChI=1S/C19H32N4O/c1-21(2)13-14-22-12-10-20-18(22)17-9-6-11-23(15-17)19(24)16-7-4-3-5-8-16/h10,12,16-17H,3-9,11,13-15H2,1-2H3/t17-/m0/s1. The average Bonchev–Trinajstić information content (AvgIpc) is 3.09. The number of carbonyl (C=O) groups excluding carboxylic acids is 1. The first kappa shape index (κ1) is 17.5. The van der Waals surface area contributed by atoms with Gasteiger partial charge in [0.2, 0.25) is 5.91 Å². The highest BCUT2D eigenvalue weighted by molar-refractivity contribution is 5.79. The normalized spacial score (nSPS) is 23.0. The van der Waals surface area contributed by atoms with Crippen LogP contribution in [0.25, 0.3) is 0 Å². The third kappa shape index (κ3) is 4.18. The van der Waals surface area contributed by atoms with E-state index in [4.69, 9.17) is 0 Å². The van der Waals surface area contributed by atoms with Crippen molar-refractivity contribution in [2.45, 2.75) is 57.4 Å². The number of rotatable bonds is 5. The highest BCUT2D eigenvalue weighted by atomic mass is 16.2. The Balaban J connectivity index is 1.63. The summed E-state index contributed by atoms with van der Waals surface area (Å²) in [5.74, 6) is 2.25. The number of hydrogen-bond acceptors (Lipinski definition) is 3. The van der Waals surface area contributed by atoms with Crippen LogP contribution in [0.4, 0.5) is 0 Å².